The van der Waals surface area contributed by atoms with Gasteiger partial charge in [0.2, 0.25) is 0 Å². The maximum atomic E-state index is 5.62. The molecule has 0 amide bonds. The second-order valence-corrected chi connectivity index (χ2v) is 5.60. The molecule has 0 saturated carbocycles. The molecule has 0 aliphatic carbocycles. The Bertz CT molecular complexity index is 143. The topological polar surface area (TPSA) is 9.23 Å². The van der Waals surface area contributed by atoms with Crippen molar-refractivity contribution in [1.29, 1.82) is 0 Å². The molecular weight excluding hydrogens is 216 g/mol. The van der Waals surface area contributed by atoms with Crippen LogP contribution in [0.5, 0.6) is 0 Å². The standard InChI is InChI=1S/C11H21ClOS/c1-10-11(6-8-13-10)14-9-5-3-2-4-7-12/h10-11H,2-9H2,1H3. The second kappa shape index (κ2) is 7.84. The Labute approximate surface area is 96.9 Å². The molecule has 0 aromatic rings. The van der Waals surface area contributed by atoms with Gasteiger partial charge in [-0.3, -0.25) is 0 Å². The van der Waals surface area contributed by atoms with E-state index >= 15 is 0 Å². The molecule has 0 bridgehead atoms. The zero-order chi connectivity index (χ0) is 10.2. The molecule has 1 saturated heterocycles. The van der Waals surface area contributed by atoms with Crippen molar-refractivity contribution >= 4 is 23.4 Å². The van der Waals surface area contributed by atoms with Gasteiger partial charge in [0.1, 0.15) is 0 Å². The number of hydrogen-bond donors (Lipinski definition) is 0. The zero-order valence-electron chi connectivity index (χ0n) is 9.01. The molecule has 0 radical (unpaired) electrons. The minimum Gasteiger partial charge on any atom is -0.377 e. The maximum Gasteiger partial charge on any atom is 0.0666 e. The van der Waals surface area contributed by atoms with Crippen LogP contribution in [0.3, 0.4) is 0 Å². The molecule has 0 aromatic carbocycles. The highest BCUT2D eigenvalue weighted by atomic mass is 35.5. The van der Waals surface area contributed by atoms with Crippen LogP contribution < -0.4 is 0 Å². The summed E-state index contributed by atoms with van der Waals surface area (Å²) in [4.78, 5) is 0. The van der Waals surface area contributed by atoms with E-state index in [0.29, 0.717) is 6.10 Å². The highest BCUT2D eigenvalue weighted by Crippen LogP contribution is 2.26. The molecule has 3 heteroatoms. The summed E-state index contributed by atoms with van der Waals surface area (Å²) in [5.74, 6) is 2.11. The molecule has 2 atom stereocenters. The van der Waals surface area contributed by atoms with Gasteiger partial charge >= 0.3 is 0 Å². The molecule has 0 spiro atoms. The lowest BCUT2D eigenvalue weighted by Gasteiger charge is -2.12. The Hall–Kier alpha value is 0.600. The summed E-state index contributed by atoms with van der Waals surface area (Å²) in [6.45, 7) is 3.16. The maximum absolute atomic E-state index is 5.62. The normalized spacial score (nSPS) is 27.0. The van der Waals surface area contributed by atoms with Crippen molar-refractivity contribution in [3.8, 4) is 0 Å². The molecule has 14 heavy (non-hydrogen) atoms. The van der Waals surface area contributed by atoms with Gasteiger partial charge in [-0.15, -0.1) is 11.6 Å². The minimum atomic E-state index is 0.475. The first-order chi connectivity index (χ1) is 6.84. The number of ether oxygens (including phenoxy) is 1. The first-order valence-corrected chi connectivity index (χ1v) is 7.22. The summed E-state index contributed by atoms with van der Waals surface area (Å²) in [5.41, 5.74) is 0. The van der Waals surface area contributed by atoms with E-state index in [2.05, 4.69) is 18.7 Å². The molecule has 0 N–H and O–H groups in total. The van der Waals surface area contributed by atoms with E-state index in [1.807, 2.05) is 0 Å². The second-order valence-electron chi connectivity index (χ2n) is 3.88. The Kier molecular flexibility index (Phi) is 7.09. The van der Waals surface area contributed by atoms with Crippen LogP contribution in [-0.2, 0) is 4.74 Å². The van der Waals surface area contributed by atoms with Crippen LogP contribution in [0.15, 0.2) is 0 Å². The lowest BCUT2D eigenvalue weighted by atomic mass is 10.2. The molecule has 1 fully saturated rings. The van der Waals surface area contributed by atoms with Crippen LogP contribution in [0.4, 0.5) is 0 Å². The third kappa shape index (κ3) is 4.90. The average molecular weight is 237 g/mol. The van der Waals surface area contributed by atoms with Gasteiger partial charge in [-0.1, -0.05) is 12.8 Å². The molecule has 1 rings (SSSR count). The molecule has 84 valence electrons. The number of rotatable bonds is 7. The minimum absolute atomic E-state index is 0.475. The van der Waals surface area contributed by atoms with Gasteiger partial charge in [-0.05, 0) is 31.9 Å². The van der Waals surface area contributed by atoms with E-state index in [9.17, 15) is 0 Å². The first-order valence-electron chi connectivity index (χ1n) is 5.63. The summed E-state index contributed by atoms with van der Waals surface area (Å²) in [7, 11) is 0. The van der Waals surface area contributed by atoms with Crippen LogP contribution in [0.25, 0.3) is 0 Å². The fourth-order valence-electron chi connectivity index (χ4n) is 1.72. The van der Waals surface area contributed by atoms with E-state index < -0.39 is 0 Å². The van der Waals surface area contributed by atoms with Crippen LogP contribution in [0, 0.1) is 0 Å². The number of alkyl halides is 1. The van der Waals surface area contributed by atoms with Gasteiger partial charge in [-0.2, -0.15) is 11.8 Å². The third-order valence-electron chi connectivity index (χ3n) is 2.67. The summed E-state index contributed by atoms with van der Waals surface area (Å²) >= 11 is 7.71. The lowest BCUT2D eigenvalue weighted by molar-refractivity contribution is 0.127. The van der Waals surface area contributed by atoms with Crippen molar-refractivity contribution < 1.29 is 4.74 Å². The number of hydrogen-bond acceptors (Lipinski definition) is 2. The molecular formula is C11H21ClOS. The third-order valence-corrected chi connectivity index (χ3v) is 4.51. The summed E-state index contributed by atoms with van der Waals surface area (Å²) in [5, 5.41) is 0.753. The molecule has 1 heterocycles. The van der Waals surface area contributed by atoms with Gasteiger partial charge in [0.05, 0.1) is 6.10 Å². The first kappa shape index (κ1) is 12.7. The summed E-state index contributed by atoms with van der Waals surface area (Å²) < 4.78 is 5.52. The predicted octanol–water partition coefficient (Wildman–Crippen LogP) is 3.70. The van der Waals surface area contributed by atoms with Crippen LogP contribution in [-0.4, -0.2) is 29.6 Å². The van der Waals surface area contributed by atoms with Crippen molar-refractivity contribution in [2.75, 3.05) is 18.2 Å². The number of unbranched alkanes of at least 4 members (excludes halogenated alkanes) is 3. The Morgan fingerprint density at radius 2 is 2.07 bits per heavy atom. The largest absolute Gasteiger partial charge is 0.377 e. The van der Waals surface area contributed by atoms with Crippen molar-refractivity contribution in [3.05, 3.63) is 0 Å². The molecule has 1 aliphatic rings. The summed E-state index contributed by atoms with van der Waals surface area (Å²) in [6, 6.07) is 0. The monoisotopic (exact) mass is 236 g/mol. The van der Waals surface area contributed by atoms with Gasteiger partial charge < -0.3 is 4.74 Å². The van der Waals surface area contributed by atoms with E-state index in [1.54, 1.807) is 0 Å². The molecule has 0 aromatic heterocycles. The average Bonchev–Trinajstić information content (AvgIpc) is 2.58. The molecule has 2 unspecified atom stereocenters. The smallest absolute Gasteiger partial charge is 0.0666 e. The van der Waals surface area contributed by atoms with Gasteiger partial charge in [0.15, 0.2) is 0 Å². The highest BCUT2D eigenvalue weighted by Gasteiger charge is 2.23. The van der Waals surface area contributed by atoms with Crippen LogP contribution in [0.1, 0.15) is 39.0 Å². The van der Waals surface area contributed by atoms with Gasteiger partial charge in [0.25, 0.3) is 0 Å². The van der Waals surface area contributed by atoms with E-state index in [0.717, 1.165) is 17.7 Å². The van der Waals surface area contributed by atoms with Gasteiger partial charge in [0, 0.05) is 17.7 Å². The number of halogens is 1. The molecule has 1 aliphatic heterocycles. The van der Waals surface area contributed by atoms with Crippen molar-refractivity contribution in [1.82, 2.24) is 0 Å². The van der Waals surface area contributed by atoms with E-state index in [-0.39, 0.29) is 0 Å². The van der Waals surface area contributed by atoms with E-state index in [1.165, 1.54) is 37.9 Å². The summed E-state index contributed by atoms with van der Waals surface area (Å²) in [6.07, 6.45) is 6.86. The Morgan fingerprint density at radius 3 is 2.71 bits per heavy atom. The molecule has 1 nitrogen and oxygen atoms in total. The lowest BCUT2D eigenvalue weighted by Crippen LogP contribution is -2.13. The van der Waals surface area contributed by atoms with Crippen LogP contribution >= 0.6 is 23.4 Å². The fraction of sp³-hybridized carbons (Fsp3) is 1.00. The zero-order valence-corrected chi connectivity index (χ0v) is 10.6. The Balaban J connectivity index is 1.88. The van der Waals surface area contributed by atoms with Crippen molar-refractivity contribution in [2.24, 2.45) is 0 Å². The fourth-order valence-corrected chi connectivity index (χ4v) is 3.19. The van der Waals surface area contributed by atoms with Crippen molar-refractivity contribution in [2.45, 2.75) is 50.4 Å². The van der Waals surface area contributed by atoms with Crippen LogP contribution in [0.2, 0.25) is 0 Å². The number of thioether (sulfide) groups is 1. The quantitative estimate of drug-likeness (QED) is 0.493. The Morgan fingerprint density at radius 1 is 1.29 bits per heavy atom. The highest BCUT2D eigenvalue weighted by molar-refractivity contribution is 7.99. The predicted molar refractivity (Wildman–Crippen MR) is 65.5 cm³/mol. The van der Waals surface area contributed by atoms with Crippen molar-refractivity contribution in [3.63, 3.8) is 0 Å². The van der Waals surface area contributed by atoms with Gasteiger partial charge in [-0.25, -0.2) is 0 Å². The van der Waals surface area contributed by atoms with E-state index in [4.69, 9.17) is 16.3 Å². The SMILES string of the molecule is CC1OCCC1SCCCCCCCl.